The van der Waals surface area contributed by atoms with Crippen molar-refractivity contribution in [3.63, 3.8) is 0 Å². The highest BCUT2D eigenvalue weighted by Gasteiger charge is 2.25. The molecule has 0 bridgehead atoms. The number of benzene rings is 16. The van der Waals surface area contributed by atoms with E-state index in [9.17, 15) is 0 Å². The third-order valence-electron chi connectivity index (χ3n) is 23.6. The molecule has 0 amide bonds. The van der Waals surface area contributed by atoms with Crippen molar-refractivity contribution < 1.29 is 13.3 Å². The van der Waals surface area contributed by atoms with Gasteiger partial charge in [0, 0.05) is 99.1 Å². The number of aromatic nitrogens is 9. The molecule has 0 unspecified atom stereocenters. The summed E-state index contributed by atoms with van der Waals surface area (Å²) in [6.07, 6.45) is 0. The Morgan fingerprint density at radius 2 is 0.349 bits per heavy atom. The molecule has 25 aromatic rings. The third kappa shape index (κ3) is 14.8. The van der Waals surface area contributed by atoms with E-state index >= 15 is 0 Å². The number of hydrogen-bond acceptors (Lipinski definition) is 12. The molecule has 12 heteroatoms. The summed E-state index contributed by atoms with van der Waals surface area (Å²) in [6, 6.07) is 150. The molecule has 0 aliphatic rings. The average molecular weight is 1650 g/mol. The van der Waals surface area contributed by atoms with Gasteiger partial charge in [0.25, 0.3) is 0 Å². The largest absolute Gasteiger partial charge is 0.455 e. The van der Waals surface area contributed by atoms with E-state index in [1.54, 1.807) is 0 Å². The summed E-state index contributed by atoms with van der Waals surface area (Å²) in [7, 11) is 0. The summed E-state index contributed by atoms with van der Waals surface area (Å²) in [5.74, 6) is 1.99. The standard InChI is InChI=1S/C43H27N3O.2C37H23N3O/c1-4-12-28(13-5-1)29-20-22-31(23-21-29)38-27-37(30-14-6-2-7-15-30)45-43(46-38)33-24-25-36-35(26-33)42-40(34-18-10-11-19-39(34)47-42)41(44-36)32-16-8-3-9-17-32;1-4-12-24(13-5-1)31-23-32(40-37(39-31)26-16-8-3-9-17-26)27-20-21-30-29(22-27)36-34(28-18-10-11-19-33(28)41-36)35(38-30)25-14-6-2-7-15-25;1-4-12-24(13-5-1)31-23-32(25-14-6-2-7-15-25)40-37(39-31)27-20-21-30-29(22-27)36-34(28-18-10-11-19-33(28)41-36)35(38-30)26-16-8-3-9-17-26/h1-27H;2*1-23H. The van der Waals surface area contributed by atoms with Gasteiger partial charge in [0.1, 0.15) is 33.5 Å². The van der Waals surface area contributed by atoms with Crippen LogP contribution in [0.2, 0.25) is 0 Å². The second-order valence-electron chi connectivity index (χ2n) is 31.7. The Morgan fingerprint density at radius 3 is 0.659 bits per heavy atom. The van der Waals surface area contributed by atoms with Crippen LogP contribution in [-0.2, 0) is 0 Å². The molecule has 604 valence electrons. The highest BCUT2D eigenvalue weighted by Crippen LogP contribution is 2.46. The van der Waals surface area contributed by atoms with Gasteiger partial charge in [0.05, 0.1) is 84.0 Å². The topological polar surface area (TPSA) is 155 Å². The smallest absolute Gasteiger partial charge is 0.160 e. The van der Waals surface area contributed by atoms with Gasteiger partial charge in [-0.25, -0.2) is 44.9 Å². The SMILES string of the molecule is c1ccc(-c2cc(-c3ccc4nc(-c5ccccc5)c5c6ccccc6oc5c4c3)nc(-c3ccccc3)n2)cc1.c1ccc(-c2cc(-c3ccccc3)nc(-c3ccc4nc(-c5ccccc5)c5c6ccccc6oc5c4c3)n2)cc1.c1ccc(-c2ccc(-c3cc(-c4ccccc4)nc(-c4ccc5nc(-c6ccccc6)c6c7ccccc7oc6c5c4)n3)cc2)cc1. The molecule has 25 rings (SSSR count). The maximum Gasteiger partial charge on any atom is 0.160 e. The lowest BCUT2D eigenvalue weighted by Crippen LogP contribution is -1.96. The summed E-state index contributed by atoms with van der Waals surface area (Å²) in [5.41, 5.74) is 30.0. The van der Waals surface area contributed by atoms with Crippen molar-refractivity contribution >= 4 is 98.5 Å². The first-order chi connectivity index (χ1) is 63.9. The first-order valence-corrected chi connectivity index (χ1v) is 42.9. The lowest BCUT2D eigenvalue weighted by atomic mass is 10.0. The van der Waals surface area contributed by atoms with Crippen LogP contribution in [0, 0.1) is 0 Å². The van der Waals surface area contributed by atoms with E-state index in [4.69, 9.17) is 58.1 Å². The van der Waals surface area contributed by atoms with E-state index in [1.807, 2.05) is 224 Å². The zero-order valence-corrected chi connectivity index (χ0v) is 69.4. The molecule has 16 aromatic carbocycles. The molecule has 0 saturated heterocycles. The van der Waals surface area contributed by atoms with Gasteiger partial charge in [0.2, 0.25) is 0 Å². The molecule has 0 spiro atoms. The number of fused-ring (bicyclic) bond motifs is 15. The van der Waals surface area contributed by atoms with Crippen LogP contribution >= 0.6 is 0 Å². The number of furan rings is 3. The van der Waals surface area contributed by atoms with Crippen molar-refractivity contribution in [3.05, 3.63) is 443 Å². The van der Waals surface area contributed by atoms with E-state index in [0.29, 0.717) is 17.5 Å². The molecule has 0 saturated carbocycles. The van der Waals surface area contributed by atoms with Crippen molar-refractivity contribution in [3.8, 4) is 147 Å². The minimum Gasteiger partial charge on any atom is -0.455 e. The molecule has 0 fully saturated rings. The molecule has 0 atom stereocenters. The van der Waals surface area contributed by atoms with Crippen LogP contribution in [0.5, 0.6) is 0 Å². The molecular weight excluding hydrogens is 1580 g/mol. The fraction of sp³-hybridized carbons (Fsp3) is 0. The number of hydrogen-bond donors (Lipinski definition) is 0. The minimum absolute atomic E-state index is 0.645. The number of nitrogens with zero attached hydrogens (tertiary/aromatic N) is 9. The van der Waals surface area contributed by atoms with Gasteiger partial charge in [-0.15, -0.1) is 0 Å². The fourth-order valence-corrected chi connectivity index (χ4v) is 17.3. The maximum absolute atomic E-state index is 6.57. The van der Waals surface area contributed by atoms with Crippen molar-refractivity contribution in [2.75, 3.05) is 0 Å². The van der Waals surface area contributed by atoms with E-state index in [2.05, 4.69) is 218 Å². The summed E-state index contributed by atoms with van der Waals surface area (Å²) in [6.45, 7) is 0. The van der Waals surface area contributed by atoms with Crippen LogP contribution in [0.3, 0.4) is 0 Å². The lowest BCUT2D eigenvalue weighted by molar-refractivity contribution is 0.672. The monoisotopic (exact) mass is 1650 g/mol. The number of pyridine rings is 3. The second kappa shape index (κ2) is 33.2. The van der Waals surface area contributed by atoms with E-state index in [0.717, 1.165) is 217 Å². The average Bonchev–Trinajstić information content (AvgIpc) is 1.62. The highest BCUT2D eigenvalue weighted by molar-refractivity contribution is 6.22. The minimum atomic E-state index is 0.645. The summed E-state index contributed by atoms with van der Waals surface area (Å²) < 4.78 is 19.6. The van der Waals surface area contributed by atoms with E-state index < -0.39 is 0 Å². The Morgan fingerprint density at radius 1 is 0.140 bits per heavy atom. The fourth-order valence-electron chi connectivity index (χ4n) is 17.3. The first kappa shape index (κ1) is 76.3. The summed E-state index contributed by atoms with van der Waals surface area (Å²) in [4.78, 5) is 45.8. The Hall–Kier alpha value is -17.6. The Bertz CT molecular complexity index is 8070. The van der Waals surface area contributed by atoms with Gasteiger partial charge in [-0.3, -0.25) is 0 Å². The Labute approximate surface area is 741 Å². The Kier molecular flexibility index (Phi) is 19.6. The van der Waals surface area contributed by atoms with Gasteiger partial charge in [-0.1, -0.05) is 358 Å². The van der Waals surface area contributed by atoms with Crippen molar-refractivity contribution in [1.82, 2.24) is 44.9 Å². The quantitative estimate of drug-likeness (QED) is 0.108. The van der Waals surface area contributed by atoms with Gasteiger partial charge >= 0.3 is 0 Å². The van der Waals surface area contributed by atoms with Gasteiger partial charge < -0.3 is 13.3 Å². The molecule has 9 heterocycles. The van der Waals surface area contributed by atoms with Crippen LogP contribution in [0.25, 0.3) is 245 Å². The Balaban J connectivity index is 0.000000111. The van der Waals surface area contributed by atoms with E-state index in [-0.39, 0.29) is 0 Å². The number of para-hydroxylation sites is 3. The first-order valence-electron chi connectivity index (χ1n) is 42.9. The maximum atomic E-state index is 6.57. The third-order valence-corrected chi connectivity index (χ3v) is 23.6. The van der Waals surface area contributed by atoms with Crippen molar-refractivity contribution in [2.24, 2.45) is 0 Å². The predicted molar refractivity (Wildman–Crippen MR) is 525 cm³/mol. The molecule has 0 N–H and O–H groups in total. The van der Waals surface area contributed by atoms with Crippen molar-refractivity contribution in [1.29, 1.82) is 0 Å². The molecule has 12 nitrogen and oxygen atoms in total. The van der Waals surface area contributed by atoms with Gasteiger partial charge in [-0.05, 0) is 96.1 Å². The second-order valence-corrected chi connectivity index (χ2v) is 31.7. The normalized spacial score (nSPS) is 11.4. The molecule has 9 aromatic heterocycles. The molecule has 129 heavy (non-hydrogen) atoms. The van der Waals surface area contributed by atoms with Crippen LogP contribution in [-0.4, -0.2) is 44.9 Å². The summed E-state index contributed by atoms with van der Waals surface area (Å²) in [5, 5.41) is 9.01. The molecule has 0 aliphatic heterocycles. The van der Waals surface area contributed by atoms with Crippen LogP contribution in [0.4, 0.5) is 0 Å². The number of rotatable bonds is 13. The van der Waals surface area contributed by atoms with Gasteiger partial charge in [-0.2, -0.15) is 0 Å². The van der Waals surface area contributed by atoms with E-state index in [1.165, 1.54) is 11.1 Å². The zero-order valence-electron chi connectivity index (χ0n) is 69.4. The van der Waals surface area contributed by atoms with Crippen LogP contribution in [0.1, 0.15) is 0 Å². The van der Waals surface area contributed by atoms with Gasteiger partial charge in [0.15, 0.2) is 17.5 Å². The van der Waals surface area contributed by atoms with Crippen LogP contribution < -0.4 is 0 Å². The predicted octanol–water partition coefficient (Wildman–Crippen LogP) is 30.4. The molecule has 0 aliphatic carbocycles. The molecular formula is C117H73N9O3. The zero-order chi connectivity index (χ0) is 85.5. The highest BCUT2D eigenvalue weighted by atomic mass is 16.3. The summed E-state index contributed by atoms with van der Waals surface area (Å²) >= 11 is 0. The molecule has 0 radical (unpaired) electrons. The van der Waals surface area contributed by atoms with Crippen molar-refractivity contribution in [2.45, 2.75) is 0 Å². The lowest BCUT2D eigenvalue weighted by Gasteiger charge is -2.11. The van der Waals surface area contributed by atoms with Crippen LogP contribution in [0.15, 0.2) is 456 Å².